The van der Waals surface area contributed by atoms with E-state index in [-0.39, 0.29) is 0 Å². The SMILES string of the molecule is CCC(CC)=C1C2CCC1C(C(C)=O)C2. The van der Waals surface area contributed by atoms with Crippen molar-refractivity contribution in [2.45, 2.75) is 52.9 Å². The zero-order chi connectivity index (χ0) is 11.0. The van der Waals surface area contributed by atoms with Crippen LogP contribution in [0.2, 0.25) is 0 Å². The number of carbonyl (C=O) groups is 1. The average molecular weight is 206 g/mol. The second kappa shape index (κ2) is 4.11. The first kappa shape index (κ1) is 10.9. The Kier molecular flexibility index (Phi) is 2.99. The summed E-state index contributed by atoms with van der Waals surface area (Å²) in [5.41, 5.74) is 3.34. The van der Waals surface area contributed by atoms with Crippen molar-refractivity contribution in [1.29, 1.82) is 0 Å². The fourth-order valence-corrected chi connectivity index (χ4v) is 3.79. The number of rotatable bonds is 3. The van der Waals surface area contributed by atoms with E-state index in [1.807, 2.05) is 0 Å². The Balaban J connectivity index is 2.30. The van der Waals surface area contributed by atoms with E-state index in [9.17, 15) is 4.79 Å². The van der Waals surface area contributed by atoms with Crippen LogP contribution >= 0.6 is 0 Å². The molecule has 15 heavy (non-hydrogen) atoms. The van der Waals surface area contributed by atoms with E-state index < -0.39 is 0 Å². The van der Waals surface area contributed by atoms with Gasteiger partial charge in [-0.25, -0.2) is 0 Å². The lowest BCUT2D eigenvalue weighted by Gasteiger charge is -2.18. The van der Waals surface area contributed by atoms with E-state index in [0.29, 0.717) is 17.6 Å². The largest absolute Gasteiger partial charge is 0.300 e. The Labute approximate surface area is 92.9 Å². The molecule has 2 aliphatic carbocycles. The molecule has 1 heteroatoms. The lowest BCUT2D eigenvalue weighted by atomic mass is 9.85. The molecule has 0 N–H and O–H groups in total. The van der Waals surface area contributed by atoms with Crippen LogP contribution in [0.1, 0.15) is 52.9 Å². The fourth-order valence-electron chi connectivity index (χ4n) is 3.79. The smallest absolute Gasteiger partial charge is 0.133 e. The molecule has 2 bridgehead atoms. The molecule has 2 fully saturated rings. The van der Waals surface area contributed by atoms with Gasteiger partial charge in [0.2, 0.25) is 0 Å². The van der Waals surface area contributed by atoms with E-state index in [2.05, 4.69) is 13.8 Å². The minimum absolute atomic E-state index is 0.367. The van der Waals surface area contributed by atoms with Crippen LogP contribution in [0.5, 0.6) is 0 Å². The number of hydrogen-bond donors (Lipinski definition) is 0. The third kappa shape index (κ3) is 1.66. The molecule has 0 heterocycles. The highest BCUT2D eigenvalue weighted by Gasteiger charge is 2.46. The van der Waals surface area contributed by atoms with Crippen molar-refractivity contribution in [3.05, 3.63) is 11.1 Å². The van der Waals surface area contributed by atoms with Gasteiger partial charge in [0, 0.05) is 5.92 Å². The highest BCUT2D eigenvalue weighted by atomic mass is 16.1. The van der Waals surface area contributed by atoms with Crippen molar-refractivity contribution in [2.75, 3.05) is 0 Å². The topological polar surface area (TPSA) is 17.1 Å². The summed E-state index contributed by atoms with van der Waals surface area (Å²) < 4.78 is 0. The molecule has 2 rings (SSSR count). The van der Waals surface area contributed by atoms with Gasteiger partial charge in [-0.3, -0.25) is 4.79 Å². The zero-order valence-electron chi connectivity index (χ0n) is 10.2. The van der Waals surface area contributed by atoms with Crippen LogP contribution in [0.15, 0.2) is 11.1 Å². The summed E-state index contributed by atoms with van der Waals surface area (Å²) in [7, 11) is 0. The molecule has 0 saturated heterocycles. The van der Waals surface area contributed by atoms with Crippen molar-refractivity contribution in [2.24, 2.45) is 17.8 Å². The molecule has 3 atom stereocenters. The summed E-state index contributed by atoms with van der Waals surface area (Å²) in [4.78, 5) is 11.6. The van der Waals surface area contributed by atoms with Crippen LogP contribution in [-0.2, 0) is 4.79 Å². The predicted molar refractivity (Wildman–Crippen MR) is 62.6 cm³/mol. The van der Waals surface area contributed by atoms with Gasteiger partial charge in [-0.15, -0.1) is 0 Å². The first-order chi connectivity index (χ1) is 7.19. The number of carbonyl (C=O) groups excluding carboxylic acids is 1. The van der Waals surface area contributed by atoms with Crippen LogP contribution in [0.25, 0.3) is 0 Å². The Morgan fingerprint density at radius 2 is 1.93 bits per heavy atom. The molecule has 0 amide bonds. The first-order valence-electron chi connectivity index (χ1n) is 6.41. The first-order valence-corrected chi connectivity index (χ1v) is 6.41. The molecule has 1 nitrogen and oxygen atoms in total. The maximum Gasteiger partial charge on any atom is 0.133 e. The zero-order valence-corrected chi connectivity index (χ0v) is 10.2. The highest BCUT2D eigenvalue weighted by molar-refractivity contribution is 5.80. The Morgan fingerprint density at radius 3 is 2.40 bits per heavy atom. The molecule has 0 aromatic rings. The van der Waals surface area contributed by atoms with E-state index in [0.717, 1.165) is 12.3 Å². The van der Waals surface area contributed by atoms with Gasteiger partial charge in [0.15, 0.2) is 0 Å². The minimum atomic E-state index is 0.367. The maximum absolute atomic E-state index is 11.6. The van der Waals surface area contributed by atoms with Crippen molar-refractivity contribution in [3.63, 3.8) is 0 Å². The molecule has 0 aromatic carbocycles. The summed E-state index contributed by atoms with van der Waals surface area (Å²) in [6.45, 7) is 6.29. The van der Waals surface area contributed by atoms with Gasteiger partial charge >= 0.3 is 0 Å². The molecule has 0 aliphatic heterocycles. The summed E-state index contributed by atoms with van der Waals surface area (Å²) in [6, 6.07) is 0. The molecule has 2 saturated carbocycles. The van der Waals surface area contributed by atoms with Gasteiger partial charge in [-0.1, -0.05) is 25.0 Å². The monoisotopic (exact) mass is 206 g/mol. The number of Topliss-reactive ketones (excluding diaryl/α,β-unsaturated/α-hetero) is 1. The summed E-state index contributed by atoms with van der Waals surface area (Å²) >= 11 is 0. The second-order valence-electron chi connectivity index (χ2n) is 5.10. The fraction of sp³-hybridized carbons (Fsp3) is 0.786. The third-order valence-electron chi connectivity index (χ3n) is 4.47. The third-order valence-corrected chi connectivity index (χ3v) is 4.47. The standard InChI is InChI=1S/C14H22O/c1-4-10(5-2)14-11-6-7-12(14)13(8-11)9(3)15/h11-13H,4-8H2,1-3H3. The number of fused-ring (bicyclic) bond motifs is 2. The molecule has 0 spiro atoms. The van der Waals surface area contributed by atoms with Crippen molar-refractivity contribution in [1.82, 2.24) is 0 Å². The van der Waals surface area contributed by atoms with Crippen LogP contribution < -0.4 is 0 Å². The molecule has 0 radical (unpaired) electrons. The summed E-state index contributed by atoms with van der Waals surface area (Å²) in [6.07, 6.45) is 6.13. The number of allylic oxidation sites excluding steroid dienone is 2. The Morgan fingerprint density at radius 1 is 1.27 bits per heavy atom. The molecular formula is C14H22O. The molecule has 0 aromatic heterocycles. The van der Waals surface area contributed by atoms with Gasteiger partial charge in [0.25, 0.3) is 0 Å². The lowest BCUT2D eigenvalue weighted by molar-refractivity contribution is -0.122. The highest BCUT2D eigenvalue weighted by Crippen LogP contribution is 2.54. The van der Waals surface area contributed by atoms with Gasteiger partial charge in [0.1, 0.15) is 5.78 Å². The van der Waals surface area contributed by atoms with E-state index in [1.54, 1.807) is 18.1 Å². The van der Waals surface area contributed by atoms with Gasteiger partial charge < -0.3 is 0 Å². The van der Waals surface area contributed by atoms with Crippen molar-refractivity contribution in [3.8, 4) is 0 Å². The lowest BCUT2D eigenvalue weighted by Crippen LogP contribution is -2.18. The van der Waals surface area contributed by atoms with Crippen molar-refractivity contribution >= 4 is 5.78 Å². The predicted octanol–water partition coefficient (Wildman–Crippen LogP) is 3.74. The summed E-state index contributed by atoms with van der Waals surface area (Å²) in [5.74, 6) is 2.18. The second-order valence-corrected chi connectivity index (χ2v) is 5.10. The van der Waals surface area contributed by atoms with Crippen LogP contribution in [0, 0.1) is 17.8 Å². The number of ketones is 1. The Hall–Kier alpha value is -0.590. The number of hydrogen-bond acceptors (Lipinski definition) is 1. The Bertz CT molecular complexity index is 294. The molecular weight excluding hydrogens is 184 g/mol. The molecule has 2 aliphatic rings. The van der Waals surface area contributed by atoms with Crippen molar-refractivity contribution < 1.29 is 4.79 Å². The van der Waals surface area contributed by atoms with Gasteiger partial charge in [-0.2, -0.15) is 0 Å². The minimum Gasteiger partial charge on any atom is -0.300 e. The molecule has 84 valence electrons. The summed E-state index contributed by atoms with van der Waals surface area (Å²) in [5, 5.41) is 0. The van der Waals surface area contributed by atoms with Crippen LogP contribution in [0.3, 0.4) is 0 Å². The maximum atomic E-state index is 11.6. The van der Waals surface area contributed by atoms with Gasteiger partial charge in [0.05, 0.1) is 0 Å². The average Bonchev–Trinajstić information content (AvgIpc) is 2.78. The van der Waals surface area contributed by atoms with E-state index >= 15 is 0 Å². The normalized spacial score (nSPS) is 33.5. The van der Waals surface area contributed by atoms with E-state index in [4.69, 9.17) is 0 Å². The van der Waals surface area contributed by atoms with E-state index in [1.165, 1.54) is 25.7 Å². The van der Waals surface area contributed by atoms with Gasteiger partial charge in [-0.05, 0) is 50.9 Å². The van der Waals surface area contributed by atoms with Crippen LogP contribution in [-0.4, -0.2) is 5.78 Å². The quantitative estimate of drug-likeness (QED) is 0.643. The van der Waals surface area contributed by atoms with Crippen LogP contribution in [0.4, 0.5) is 0 Å². The molecule has 3 unspecified atom stereocenters.